The molecule has 2 rings (SSSR count). The zero-order valence-electron chi connectivity index (χ0n) is 10.2. The predicted molar refractivity (Wildman–Crippen MR) is 70.0 cm³/mol. The van der Waals surface area contributed by atoms with Crippen LogP contribution in [-0.4, -0.2) is 36.7 Å². The quantitative estimate of drug-likeness (QED) is 0.672. The first-order valence-electron chi connectivity index (χ1n) is 5.98. The summed E-state index contributed by atoms with van der Waals surface area (Å²) in [4.78, 5) is 11.8. The lowest BCUT2D eigenvalue weighted by Crippen LogP contribution is -2.39. The highest BCUT2D eigenvalue weighted by molar-refractivity contribution is 7.86. The highest BCUT2D eigenvalue weighted by Gasteiger charge is 2.36. The van der Waals surface area contributed by atoms with Crippen molar-refractivity contribution in [2.45, 2.75) is 24.3 Å². The predicted octanol–water partition coefficient (Wildman–Crippen LogP) is -0.0789. The maximum Gasteiger partial charge on any atom is 0.269 e. The molecule has 3 N–H and O–H groups in total. The number of carbonyl (C=O) groups excluding carboxylic acids is 1. The molecule has 1 amide bonds. The number of nitrogens with one attached hydrogen (secondary N) is 2. The second-order valence-electron chi connectivity index (χ2n) is 4.54. The number of hydrogen-bond donors (Lipinski definition) is 3. The lowest BCUT2D eigenvalue weighted by molar-refractivity contribution is -0.122. The zero-order chi connectivity index (χ0) is 13.9. The molecule has 7 heteroatoms. The molecule has 19 heavy (non-hydrogen) atoms. The molecular formula is C12H16N2O4S. The van der Waals surface area contributed by atoms with E-state index < -0.39 is 21.4 Å². The second kappa shape index (κ2) is 5.68. The highest BCUT2D eigenvalue weighted by Crippen LogP contribution is 2.14. The molecule has 6 nitrogen and oxygen atoms in total. The second-order valence-corrected chi connectivity index (χ2v) is 6.23. The van der Waals surface area contributed by atoms with E-state index in [-0.39, 0.29) is 18.9 Å². The van der Waals surface area contributed by atoms with Gasteiger partial charge in [-0.25, -0.2) is 0 Å². The van der Waals surface area contributed by atoms with E-state index in [2.05, 4.69) is 10.6 Å². The van der Waals surface area contributed by atoms with E-state index in [1.54, 1.807) is 0 Å². The number of hydrogen-bond acceptors (Lipinski definition) is 4. The number of rotatable bonds is 4. The van der Waals surface area contributed by atoms with Crippen LogP contribution in [0.25, 0.3) is 0 Å². The Labute approximate surface area is 112 Å². The summed E-state index contributed by atoms with van der Waals surface area (Å²) in [6.45, 7) is 0.497. The van der Waals surface area contributed by atoms with E-state index in [0.29, 0.717) is 6.54 Å². The van der Waals surface area contributed by atoms with E-state index >= 15 is 0 Å². The fraction of sp³-hybridized carbons (Fsp3) is 0.417. The summed E-state index contributed by atoms with van der Waals surface area (Å²) in [7, 11) is -4.08. The average molecular weight is 284 g/mol. The zero-order valence-corrected chi connectivity index (χ0v) is 11.1. The third-order valence-corrected chi connectivity index (χ3v) is 4.34. The molecule has 1 fully saturated rings. The van der Waals surface area contributed by atoms with E-state index in [1.807, 2.05) is 30.3 Å². The maximum atomic E-state index is 11.8. The minimum absolute atomic E-state index is 0.0967. The molecule has 0 radical (unpaired) electrons. The van der Waals surface area contributed by atoms with Crippen molar-refractivity contribution in [1.29, 1.82) is 0 Å². The molecule has 0 aliphatic carbocycles. The van der Waals surface area contributed by atoms with Gasteiger partial charge in [0.25, 0.3) is 10.1 Å². The van der Waals surface area contributed by atoms with Crippen LogP contribution < -0.4 is 10.6 Å². The summed E-state index contributed by atoms with van der Waals surface area (Å²) in [5, 5.41) is 4.63. The van der Waals surface area contributed by atoms with E-state index in [4.69, 9.17) is 4.55 Å². The first-order chi connectivity index (χ1) is 8.97. The van der Waals surface area contributed by atoms with Crippen LogP contribution in [0.2, 0.25) is 0 Å². The van der Waals surface area contributed by atoms with Gasteiger partial charge in [-0.15, -0.1) is 0 Å². The Balaban J connectivity index is 1.85. The van der Waals surface area contributed by atoms with Gasteiger partial charge in [-0.3, -0.25) is 9.35 Å². The molecule has 0 unspecified atom stereocenters. The van der Waals surface area contributed by atoms with Gasteiger partial charge in [0.05, 0.1) is 6.04 Å². The fourth-order valence-corrected chi connectivity index (χ4v) is 2.78. The molecule has 104 valence electrons. The average Bonchev–Trinajstić information content (AvgIpc) is 2.87. The molecule has 0 bridgehead atoms. The van der Waals surface area contributed by atoms with Crippen LogP contribution in [0, 0.1) is 0 Å². The van der Waals surface area contributed by atoms with Gasteiger partial charge < -0.3 is 10.6 Å². The minimum Gasteiger partial charge on any atom is -0.351 e. The summed E-state index contributed by atoms with van der Waals surface area (Å²) in [5.41, 5.74) is 0.972. The molecular weight excluding hydrogens is 268 g/mol. The Morgan fingerprint density at radius 1 is 1.37 bits per heavy atom. The summed E-state index contributed by atoms with van der Waals surface area (Å²) in [5.74, 6) is -0.255. The molecule has 1 aromatic carbocycles. The number of amides is 1. The van der Waals surface area contributed by atoms with Gasteiger partial charge in [0, 0.05) is 13.1 Å². The Morgan fingerprint density at radius 3 is 2.63 bits per heavy atom. The van der Waals surface area contributed by atoms with Crippen molar-refractivity contribution in [1.82, 2.24) is 10.6 Å². The van der Waals surface area contributed by atoms with Crippen LogP contribution >= 0.6 is 0 Å². The number of benzene rings is 1. The molecule has 1 heterocycles. The van der Waals surface area contributed by atoms with Crippen molar-refractivity contribution in [3.63, 3.8) is 0 Å². The first kappa shape index (κ1) is 14.0. The van der Waals surface area contributed by atoms with Crippen molar-refractivity contribution < 1.29 is 17.8 Å². The van der Waals surface area contributed by atoms with Gasteiger partial charge in [-0.1, -0.05) is 30.3 Å². The van der Waals surface area contributed by atoms with Gasteiger partial charge >= 0.3 is 0 Å². The van der Waals surface area contributed by atoms with E-state index in [1.165, 1.54) is 0 Å². The van der Waals surface area contributed by atoms with Crippen molar-refractivity contribution in [2.24, 2.45) is 0 Å². The molecule has 0 saturated carbocycles. The van der Waals surface area contributed by atoms with E-state index in [9.17, 15) is 13.2 Å². The molecule has 0 aromatic heterocycles. The largest absolute Gasteiger partial charge is 0.351 e. The molecule has 0 spiro atoms. The van der Waals surface area contributed by atoms with Crippen LogP contribution in [-0.2, 0) is 21.5 Å². The third kappa shape index (κ3) is 3.76. The summed E-state index contributed by atoms with van der Waals surface area (Å²) in [6, 6.07) is 8.86. The van der Waals surface area contributed by atoms with Gasteiger partial charge in [0.2, 0.25) is 5.91 Å². The molecule has 2 atom stereocenters. The van der Waals surface area contributed by atoms with Gasteiger partial charge in [0.1, 0.15) is 5.25 Å². The Bertz CT molecular complexity index is 544. The third-order valence-electron chi connectivity index (χ3n) is 3.14. The van der Waals surface area contributed by atoms with Crippen molar-refractivity contribution in [3.05, 3.63) is 35.9 Å². The standard InChI is InChI=1S/C12H16N2O4S/c15-12(14-7-9-4-2-1-3-5-9)11-6-10(8-13-11)19(16,17)18/h1-5,10-11,13H,6-8H2,(H,14,15)(H,16,17,18)/t10-,11+/m1/s1. The maximum absolute atomic E-state index is 11.8. The molecule has 1 aliphatic rings. The van der Waals surface area contributed by atoms with Gasteiger partial charge in [-0.2, -0.15) is 8.42 Å². The fourth-order valence-electron chi connectivity index (χ4n) is 2.04. The van der Waals surface area contributed by atoms with Crippen LogP contribution in [0.5, 0.6) is 0 Å². The highest BCUT2D eigenvalue weighted by atomic mass is 32.2. The van der Waals surface area contributed by atoms with Crippen LogP contribution in [0.1, 0.15) is 12.0 Å². The molecule has 1 aromatic rings. The Morgan fingerprint density at radius 2 is 2.05 bits per heavy atom. The summed E-state index contributed by atoms with van der Waals surface area (Å²) >= 11 is 0. The summed E-state index contributed by atoms with van der Waals surface area (Å²) in [6.07, 6.45) is 0.0967. The van der Waals surface area contributed by atoms with Crippen LogP contribution in [0.3, 0.4) is 0 Å². The lowest BCUT2D eigenvalue weighted by atomic mass is 10.2. The molecule has 1 saturated heterocycles. The number of carbonyl (C=O) groups is 1. The summed E-state index contributed by atoms with van der Waals surface area (Å²) < 4.78 is 30.9. The smallest absolute Gasteiger partial charge is 0.269 e. The van der Waals surface area contributed by atoms with Crippen molar-refractivity contribution >= 4 is 16.0 Å². The molecule has 1 aliphatic heterocycles. The van der Waals surface area contributed by atoms with E-state index in [0.717, 1.165) is 5.56 Å². The van der Waals surface area contributed by atoms with Crippen molar-refractivity contribution in [2.75, 3.05) is 6.54 Å². The SMILES string of the molecule is O=C(NCc1ccccc1)[C@@H]1C[C@@H](S(=O)(=O)O)CN1. The van der Waals surface area contributed by atoms with Crippen molar-refractivity contribution in [3.8, 4) is 0 Å². The first-order valence-corrected chi connectivity index (χ1v) is 7.48. The lowest BCUT2D eigenvalue weighted by Gasteiger charge is -2.11. The Hall–Kier alpha value is -1.44. The van der Waals surface area contributed by atoms with Crippen LogP contribution in [0.4, 0.5) is 0 Å². The van der Waals surface area contributed by atoms with Gasteiger partial charge in [-0.05, 0) is 12.0 Å². The topological polar surface area (TPSA) is 95.5 Å². The normalized spacial score (nSPS) is 23.2. The van der Waals surface area contributed by atoms with Crippen LogP contribution in [0.15, 0.2) is 30.3 Å². The minimum atomic E-state index is -4.08. The van der Waals surface area contributed by atoms with Gasteiger partial charge in [0.15, 0.2) is 0 Å². The monoisotopic (exact) mass is 284 g/mol. The Kier molecular flexibility index (Phi) is 4.18.